The maximum Gasteiger partial charge on any atom is 0.196 e. The number of rotatable bonds is 3. The van der Waals surface area contributed by atoms with Gasteiger partial charge in [0.05, 0.1) is 18.4 Å². The molecule has 0 aliphatic rings. The number of anilines is 1. The molecule has 0 unspecified atom stereocenters. The summed E-state index contributed by atoms with van der Waals surface area (Å²) in [6.45, 7) is 0. The largest absolute Gasteiger partial charge is 0.506 e. The Morgan fingerprint density at radius 3 is 2.61 bits per heavy atom. The molecule has 0 saturated carbocycles. The van der Waals surface area contributed by atoms with Gasteiger partial charge in [-0.3, -0.25) is 4.79 Å². The van der Waals surface area contributed by atoms with Gasteiger partial charge in [0, 0.05) is 5.56 Å². The van der Waals surface area contributed by atoms with Crippen molar-refractivity contribution in [2.75, 3.05) is 12.8 Å². The van der Waals surface area contributed by atoms with E-state index in [1.165, 1.54) is 25.3 Å². The topological polar surface area (TPSA) is 72.5 Å². The molecule has 3 N–H and O–H groups in total. The molecule has 4 heteroatoms. The van der Waals surface area contributed by atoms with Gasteiger partial charge in [-0.05, 0) is 30.3 Å². The molecule has 0 amide bonds. The maximum atomic E-state index is 12.3. The minimum atomic E-state index is -0.195. The minimum absolute atomic E-state index is 0.0356. The highest BCUT2D eigenvalue weighted by molar-refractivity contribution is 6.11. The van der Waals surface area contributed by atoms with Gasteiger partial charge in [-0.15, -0.1) is 0 Å². The van der Waals surface area contributed by atoms with Gasteiger partial charge in [-0.2, -0.15) is 0 Å². The SMILES string of the molecule is COc1ccccc1C(=O)c1ccc(O)c(N)c1. The summed E-state index contributed by atoms with van der Waals surface area (Å²) in [7, 11) is 1.51. The van der Waals surface area contributed by atoms with Crippen LogP contribution in [-0.2, 0) is 0 Å². The van der Waals surface area contributed by atoms with Crippen LogP contribution >= 0.6 is 0 Å². The van der Waals surface area contributed by atoms with Crippen LogP contribution in [0.5, 0.6) is 11.5 Å². The molecule has 0 aliphatic heterocycles. The van der Waals surface area contributed by atoms with Crippen molar-refractivity contribution < 1.29 is 14.6 Å². The lowest BCUT2D eigenvalue weighted by atomic mass is 10.0. The van der Waals surface area contributed by atoms with Gasteiger partial charge in [0.2, 0.25) is 0 Å². The fourth-order valence-electron chi connectivity index (χ4n) is 1.68. The van der Waals surface area contributed by atoms with Crippen molar-refractivity contribution in [2.24, 2.45) is 0 Å². The lowest BCUT2D eigenvalue weighted by molar-refractivity contribution is 0.103. The van der Waals surface area contributed by atoms with E-state index in [-0.39, 0.29) is 17.2 Å². The Hall–Kier alpha value is -2.49. The Morgan fingerprint density at radius 2 is 1.94 bits per heavy atom. The minimum Gasteiger partial charge on any atom is -0.506 e. The van der Waals surface area contributed by atoms with Gasteiger partial charge in [0.25, 0.3) is 0 Å². The second-order valence-corrected chi connectivity index (χ2v) is 3.80. The van der Waals surface area contributed by atoms with Crippen LogP contribution in [0.15, 0.2) is 42.5 Å². The summed E-state index contributed by atoms with van der Waals surface area (Å²) < 4.78 is 5.14. The van der Waals surface area contributed by atoms with Crippen LogP contribution < -0.4 is 10.5 Å². The third kappa shape index (κ3) is 2.13. The Morgan fingerprint density at radius 1 is 1.22 bits per heavy atom. The fourth-order valence-corrected chi connectivity index (χ4v) is 1.68. The van der Waals surface area contributed by atoms with E-state index in [1.807, 2.05) is 0 Å². The molecule has 0 fully saturated rings. The van der Waals surface area contributed by atoms with Crippen molar-refractivity contribution in [2.45, 2.75) is 0 Å². The molecule has 2 aromatic carbocycles. The van der Waals surface area contributed by atoms with Crippen molar-refractivity contribution in [1.29, 1.82) is 0 Å². The van der Waals surface area contributed by atoms with E-state index < -0.39 is 0 Å². The standard InChI is InChI=1S/C14H13NO3/c1-18-13-5-3-2-4-10(13)14(17)9-6-7-12(16)11(15)8-9/h2-8,16H,15H2,1H3. The van der Waals surface area contributed by atoms with Gasteiger partial charge in [0.15, 0.2) is 5.78 Å². The second-order valence-electron chi connectivity index (χ2n) is 3.80. The summed E-state index contributed by atoms with van der Waals surface area (Å²) >= 11 is 0. The van der Waals surface area contributed by atoms with E-state index in [9.17, 15) is 9.90 Å². The number of benzene rings is 2. The molecule has 18 heavy (non-hydrogen) atoms. The Kier molecular flexibility index (Phi) is 3.19. The molecule has 0 heterocycles. The zero-order chi connectivity index (χ0) is 13.1. The predicted molar refractivity (Wildman–Crippen MR) is 68.9 cm³/mol. The first-order valence-corrected chi connectivity index (χ1v) is 5.39. The molecule has 0 bridgehead atoms. The summed E-state index contributed by atoms with van der Waals surface area (Å²) in [5.41, 5.74) is 6.63. The summed E-state index contributed by atoms with van der Waals surface area (Å²) in [4.78, 5) is 12.3. The van der Waals surface area contributed by atoms with Crippen LogP contribution in [0.3, 0.4) is 0 Å². The molecule has 0 saturated heterocycles. The van der Waals surface area contributed by atoms with E-state index in [0.29, 0.717) is 16.9 Å². The molecule has 92 valence electrons. The Bertz CT molecular complexity index is 593. The number of ether oxygens (including phenoxy) is 1. The smallest absolute Gasteiger partial charge is 0.196 e. The zero-order valence-corrected chi connectivity index (χ0v) is 9.88. The second kappa shape index (κ2) is 4.79. The highest BCUT2D eigenvalue weighted by Crippen LogP contribution is 2.25. The molecule has 0 aliphatic carbocycles. The number of ketones is 1. The number of para-hydroxylation sites is 1. The van der Waals surface area contributed by atoms with Gasteiger partial charge >= 0.3 is 0 Å². The monoisotopic (exact) mass is 243 g/mol. The molecule has 2 rings (SSSR count). The van der Waals surface area contributed by atoms with Crippen LogP contribution in [0.1, 0.15) is 15.9 Å². The molecule has 0 radical (unpaired) electrons. The average Bonchev–Trinajstić information content (AvgIpc) is 2.41. The third-order valence-corrected chi connectivity index (χ3v) is 2.64. The normalized spacial score (nSPS) is 10.1. The van der Waals surface area contributed by atoms with Crippen LogP contribution in [0.2, 0.25) is 0 Å². The predicted octanol–water partition coefficient (Wildman–Crippen LogP) is 2.21. The molecule has 0 aromatic heterocycles. The summed E-state index contributed by atoms with van der Waals surface area (Å²) in [5.74, 6) is 0.278. The van der Waals surface area contributed by atoms with E-state index in [0.717, 1.165) is 0 Å². The molecule has 4 nitrogen and oxygen atoms in total. The zero-order valence-electron chi connectivity index (χ0n) is 9.88. The van der Waals surface area contributed by atoms with Crippen LogP contribution in [0.25, 0.3) is 0 Å². The van der Waals surface area contributed by atoms with Gasteiger partial charge in [-0.1, -0.05) is 12.1 Å². The first kappa shape index (κ1) is 12.0. The number of nitrogens with two attached hydrogens (primary N) is 1. The number of carbonyl (C=O) groups is 1. The Balaban J connectivity index is 2.44. The highest BCUT2D eigenvalue weighted by atomic mass is 16.5. The molecule has 0 spiro atoms. The molecular weight excluding hydrogens is 230 g/mol. The number of hydrogen-bond donors (Lipinski definition) is 2. The van der Waals surface area contributed by atoms with Crippen LogP contribution in [0.4, 0.5) is 5.69 Å². The van der Waals surface area contributed by atoms with Crippen molar-refractivity contribution in [1.82, 2.24) is 0 Å². The summed E-state index contributed by atoms with van der Waals surface area (Å²) in [6, 6.07) is 11.3. The number of phenolic OH excluding ortho intramolecular Hbond substituents is 1. The van der Waals surface area contributed by atoms with E-state index in [1.54, 1.807) is 24.3 Å². The van der Waals surface area contributed by atoms with Crippen molar-refractivity contribution in [3.63, 3.8) is 0 Å². The van der Waals surface area contributed by atoms with Crippen molar-refractivity contribution >= 4 is 11.5 Å². The first-order valence-electron chi connectivity index (χ1n) is 5.39. The highest BCUT2D eigenvalue weighted by Gasteiger charge is 2.14. The number of methoxy groups -OCH3 is 1. The lowest BCUT2D eigenvalue weighted by Crippen LogP contribution is -2.04. The average molecular weight is 243 g/mol. The third-order valence-electron chi connectivity index (χ3n) is 2.64. The first-order chi connectivity index (χ1) is 8.63. The van der Waals surface area contributed by atoms with Crippen molar-refractivity contribution in [3.05, 3.63) is 53.6 Å². The fraction of sp³-hybridized carbons (Fsp3) is 0.0714. The number of nitrogen functional groups attached to an aromatic ring is 1. The van der Waals surface area contributed by atoms with E-state index in [2.05, 4.69) is 0 Å². The quantitative estimate of drug-likeness (QED) is 0.492. The van der Waals surface area contributed by atoms with Crippen molar-refractivity contribution in [3.8, 4) is 11.5 Å². The Labute approximate surface area is 105 Å². The number of phenols is 1. The van der Waals surface area contributed by atoms with Crippen LogP contribution in [-0.4, -0.2) is 18.0 Å². The summed E-state index contributed by atoms with van der Waals surface area (Å²) in [5, 5.41) is 9.34. The van der Waals surface area contributed by atoms with Gasteiger partial charge < -0.3 is 15.6 Å². The molecule has 0 atom stereocenters. The summed E-state index contributed by atoms with van der Waals surface area (Å²) in [6.07, 6.45) is 0. The molecular formula is C14H13NO3. The maximum absolute atomic E-state index is 12.3. The lowest BCUT2D eigenvalue weighted by Gasteiger charge is -2.08. The number of hydrogen-bond acceptors (Lipinski definition) is 4. The van der Waals surface area contributed by atoms with E-state index in [4.69, 9.17) is 10.5 Å². The molecule has 2 aromatic rings. The van der Waals surface area contributed by atoms with Gasteiger partial charge in [-0.25, -0.2) is 0 Å². The van der Waals surface area contributed by atoms with Gasteiger partial charge in [0.1, 0.15) is 11.5 Å². The number of carbonyl (C=O) groups excluding carboxylic acids is 1. The van der Waals surface area contributed by atoms with Crippen LogP contribution in [0, 0.1) is 0 Å². The van der Waals surface area contributed by atoms with E-state index >= 15 is 0 Å². The number of aromatic hydroxyl groups is 1.